The monoisotopic (exact) mass is 397 g/mol. The molecule has 0 aliphatic heterocycles. The van der Waals surface area contributed by atoms with Crippen LogP contribution in [-0.4, -0.2) is 24.7 Å². The van der Waals surface area contributed by atoms with Gasteiger partial charge in [0.05, 0.1) is 13.7 Å². The number of halogens is 2. The number of carbonyl (C=O) groups is 1. The number of hydrogen-bond donors (Lipinski definition) is 2. The molecule has 128 valence electrons. The van der Waals surface area contributed by atoms with Gasteiger partial charge in [0, 0.05) is 16.6 Å². The summed E-state index contributed by atoms with van der Waals surface area (Å²) in [6.45, 7) is 0.364. The van der Waals surface area contributed by atoms with Crippen LogP contribution in [0, 0.1) is 5.82 Å². The normalized spacial score (nSPS) is 10.5. The molecule has 0 amide bonds. The lowest BCUT2D eigenvalue weighted by atomic mass is 10.1. The van der Waals surface area contributed by atoms with E-state index in [1.165, 1.54) is 19.2 Å². The van der Waals surface area contributed by atoms with Crippen LogP contribution in [0.15, 0.2) is 40.9 Å². The lowest BCUT2D eigenvalue weighted by Crippen LogP contribution is -2.22. The zero-order valence-electron chi connectivity index (χ0n) is 13.0. The minimum Gasteiger partial charge on any atom is -0.493 e. The second-order valence-electron chi connectivity index (χ2n) is 4.97. The molecule has 0 bridgehead atoms. The standard InChI is InChI=1S/C17H17BrFNO4/c1-23-15-7-6-14(18)13(8-20-9-16(21)22)17(15)24-10-11-2-4-12(19)5-3-11/h2-7,20H,8-10H2,1H3,(H,21,22). The van der Waals surface area contributed by atoms with Crippen molar-refractivity contribution >= 4 is 21.9 Å². The summed E-state index contributed by atoms with van der Waals surface area (Å²) < 4.78 is 24.9. The summed E-state index contributed by atoms with van der Waals surface area (Å²) >= 11 is 3.44. The molecule has 7 heteroatoms. The molecule has 0 fully saturated rings. The summed E-state index contributed by atoms with van der Waals surface area (Å²) in [5.41, 5.74) is 1.56. The molecule has 0 saturated heterocycles. The van der Waals surface area contributed by atoms with Gasteiger partial charge in [-0.2, -0.15) is 0 Å². The van der Waals surface area contributed by atoms with Gasteiger partial charge in [-0.15, -0.1) is 0 Å². The zero-order chi connectivity index (χ0) is 17.5. The number of ether oxygens (including phenoxy) is 2. The van der Waals surface area contributed by atoms with Gasteiger partial charge >= 0.3 is 5.97 Å². The summed E-state index contributed by atoms with van der Waals surface area (Å²) in [6.07, 6.45) is 0. The van der Waals surface area contributed by atoms with Crippen LogP contribution in [0.3, 0.4) is 0 Å². The van der Waals surface area contributed by atoms with Crippen molar-refractivity contribution in [1.82, 2.24) is 5.32 Å². The molecule has 0 radical (unpaired) electrons. The predicted octanol–water partition coefficient (Wildman–Crippen LogP) is 3.35. The molecule has 2 aromatic rings. The van der Waals surface area contributed by atoms with E-state index in [1.807, 2.05) is 0 Å². The third-order valence-corrected chi connectivity index (χ3v) is 4.00. The Hall–Kier alpha value is -2.12. The molecular weight excluding hydrogens is 381 g/mol. The highest BCUT2D eigenvalue weighted by atomic mass is 79.9. The highest BCUT2D eigenvalue weighted by Gasteiger charge is 2.15. The van der Waals surface area contributed by atoms with Crippen LogP contribution in [-0.2, 0) is 17.9 Å². The molecule has 2 rings (SSSR count). The number of aliphatic carboxylic acids is 1. The van der Waals surface area contributed by atoms with E-state index in [4.69, 9.17) is 14.6 Å². The van der Waals surface area contributed by atoms with Crippen molar-refractivity contribution in [3.63, 3.8) is 0 Å². The zero-order valence-corrected chi connectivity index (χ0v) is 14.6. The fraction of sp³-hybridized carbons (Fsp3) is 0.235. The van der Waals surface area contributed by atoms with Gasteiger partial charge in [0.25, 0.3) is 0 Å². The summed E-state index contributed by atoms with van der Waals surface area (Å²) in [5.74, 6) is -0.207. The molecule has 0 saturated carbocycles. The molecule has 5 nitrogen and oxygen atoms in total. The number of carboxylic acid groups (broad SMARTS) is 1. The molecule has 0 heterocycles. The van der Waals surface area contributed by atoms with Gasteiger partial charge in [-0.25, -0.2) is 4.39 Å². The van der Waals surface area contributed by atoms with E-state index in [0.29, 0.717) is 18.0 Å². The Kier molecular flexibility index (Phi) is 6.57. The molecular formula is C17H17BrFNO4. The molecule has 0 aromatic heterocycles. The SMILES string of the molecule is COc1ccc(Br)c(CNCC(=O)O)c1OCc1ccc(F)cc1. The van der Waals surface area contributed by atoms with Crippen molar-refractivity contribution in [3.05, 3.63) is 57.8 Å². The maximum absolute atomic E-state index is 13.0. The van der Waals surface area contributed by atoms with Crippen molar-refractivity contribution in [2.24, 2.45) is 0 Å². The minimum absolute atomic E-state index is 0.166. The fourth-order valence-electron chi connectivity index (χ4n) is 2.10. The Bertz CT molecular complexity index is 706. The number of rotatable bonds is 8. The number of hydrogen-bond acceptors (Lipinski definition) is 4. The Morgan fingerprint density at radius 1 is 1.25 bits per heavy atom. The topological polar surface area (TPSA) is 67.8 Å². The van der Waals surface area contributed by atoms with Gasteiger partial charge < -0.3 is 19.9 Å². The third-order valence-electron chi connectivity index (χ3n) is 3.26. The minimum atomic E-state index is -0.942. The molecule has 0 atom stereocenters. The predicted molar refractivity (Wildman–Crippen MR) is 90.8 cm³/mol. The van der Waals surface area contributed by atoms with E-state index < -0.39 is 5.97 Å². The van der Waals surface area contributed by atoms with Crippen molar-refractivity contribution in [1.29, 1.82) is 0 Å². The summed E-state index contributed by atoms with van der Waals surface area (Å²) in [7, 11) is 1.53. The maximum Gasteiger partial charge on any atom is 0.317 e. The van der Waals surface area contributed by atoms with E-state index in [2.05, 4.69) is 21.2 Å². The van der Waals surface area contributed by atoms with Crippen LogP contribution in [0.4, 0.5) is 4.39 Å². The van der Waals surface area contributed by atoms with E-state index in [-0.39, 0.29) is 19.0 Å². The number of carboxylic acids is 1. The lowest BCUT2D eigenvalue weighted by Gasteiger charge is -2.17. The molecule has 0 spiro atoms. The van der Waals surface area contributed by atoms with Gasteiger partial charge in [-0.3, -0.25) is 4.79 Å². The molecule has 2 N–H and O–H groups in total. The quantitative estimate of drug-likeness (QED) is 0.714. The highest BCUT2D eigenvalue weighted by molar-refractivity contribution is 9.10. The van der Waals surface area contributed by atoms with Crippen LogP contribution >= 0.6 is 15.9 Å². The van der Waals surface area contributed by atoms with Crippen molar-refractivity contribution in [2.45, 2.75) is 13.2 Å². The van der Waals surface area contributed by atoms with Crippen LogP contribution in [0.25, 0.3) is 0 Å². The number of nitrogens with one attached hydrogen (secondary N) is 1. The second-order valence-corrected chi connectivity index (χ2v) is 5.82. The van der Waals surface area contributed by atoms with Crippen molar-refractivity contribution < 1.29 is 23.8 Å². The van der Waals surface area contributed by atoms with Crippen molar-refractivity contribution in [2.75, 3.05) is 13.7 Å². The van der Waals surface area contributed by atoms with Gasteiger partial charge in [-0.05, 0) is 29.8 Å². The van der Waals surface area contributed by atoms with Gasteiger partial charge in [0.15, 0.2) is 11.5 Å². The third kappa shape index (κ3) is 4.94. The largest absolute Gasteiger partial charge is 0.493 e. The molecule has 24 heavy (non-hydrogen) atoms. The summed E-state index contributed by atoms with van der Waals surface area (Å²) in [4.78, 5) is 10.7. The number of methoxy groups -OCH3 is 1. The van der Waals surface area contributed by atoms with E-state index in [9.17, 15) is 9.18 Å². The summed E-state index contributed by atoms with van der Waals surface area (Å²) in [6, 6.07) is 9.58. The average molecular weight is 398 g/mol. The average Bonchev–Trinajstić information content (AvgIpc) is 2.56. The first-order valence-electron chi connectivity index (χ1n) is 7.16. The first kappa shape index (κ1) is 18.2. The smallest absolute Gasteiger partial charge is 0.317 e. The van der Waals surface area contributed by atoms with Gasteiger partial charge in [-0.1, -0.05) is 28.1 Å². The molecule has 0 unspecified atom stereocenters. The molecule has 0 aliphatic rings. The van der Waals surface area contributed by atoms with Crippen LogP contribution in [0.1, 0.15) is 11.1 Å². The van der Waals surface area contributed by atoms with Gasteiger partial charge in [0.2, 0.25) is 0 Å². The van der Waals surface area contributed by atoms with E-state index in [0.717, 1.165) is 15.6 Å². The van der Waals surface area contributed by atoms with Crippen LogP contribution in [0.5, 0.6) is 11.5 Å². The Morgan fingerprint density at radius 2 is 1.96 bits per heavy atom. The second kappa shape index (κ2) is 8.65. The first-order valence-corrected chi connectivity index (χ1v) is 7.95. The first-order chi connectivity index (χ1) is 11.5. The van der Waals surface area contributed by atoms with E-state index in [1.54, 1.807) is 24.3 Å². The van der Waals surface area contributed by atoms with Crippen molar-refractivity contribution in [3.8, 4) is 11.5 Å². The molecule has 2 aromatic carbocycles. The lowest BCUT2D eigenvalue weighted by molar-refractivity contribution is -0.136. The van der Waals surface area contributed by atoms with Crippen LogP contribution in [0.2, 0.25) is 0 Å². The fourth-order valence-corrected chi connectivity index (χ4v) is 2.55. The van der Waals surface area contributed by atoms with E-state index >= 15 is 0 Å². The Balaban J connectivity index is 2.19. The highest BCUT2D eigenvalue weighted by Crippen LogP contribution is 2.36. The molecule has 0 aliphatic carbocycles. The van der Waals surface area contributed by atoms with Gasteiger partial charge in [0.1, 0.15) is 12.4 Å². The van der Waals surface area contributed by atoms with Crippen LogP contribution < -0.4 is 14.8 Å². The Labute approximate surface area is 147 Å². The number of benzene rings is 2. The summed E-state index contributed by atoms with van der Waals surface area (Å²) in [5, 5.41) is 11.6. The maximum atomic E-state index is 13.0. The Morgan fingerprint density at radius 3 is 2.58 bits per heavy atom.